The molecule has 0 bridgehead atoms. The SMILES string of the molecule is Cc1ccc(C)c(C(=O)Nc2cc(Cl)cc(Cl)c2O)c1. The molecule has 2 rings (SSSR count). The summed E-state index contributed by atoms with van der Waals surface area (Å²) in [7, 11) is 0. The average molecular weight is 310 g/mol. The molecule has 0 atom stereocenters. The zero-order valence-electron chi connectivity index (χ0n) is 11.0. The van der Waals surface area contributed by atoms with E-state index in [4.69, 9.17) is 23.2 Å². The van der Waals surface area contributed by atoms with Gasteiger partial charge in [-0.2, -0.15) is 0 Å². The van der Waals surface area contributed by atoms with Crippen LogP contribution in [0.2, 0.25) is 10.0 Å². The van der Waals surface area contributed by atoms with Crippen molar-refractivity contribution in [2.45, 2.75) is 13.8 Å². The van der Waals surface area contributed by atoms with E-state index in [1.807, 2.05) is 26.0 Å². The number of aryl methyl sites for hydroxylation is 2. The fraction of sp³-hybridized carbons (Fsp3) is 0.133. The molecule has 0 saturated carbocycles. The second kappa shape index (κ2) is 5.73. The van der Waals surface area contributed by atoms with Crippen molar-refractivity contribution in [3.63, 3.8) is 0 Å². The molecule has 0 saturated heterocycles. The number of phenolic OH excluding ortho intramolecular Hbond substituents is 1. The Bertz CT molecular complexity index is 684. The molecule has 0 unspecified atom stereocenters. The van der Waals surface area contributed by atoms with E-state index in [0.29, 0.717) is 10.6 Å². The summed E-state index contributed by atoms with van der Waals surface area (Å²) in [5.41, 5.74) is 2.56. The Kier molecular flexibility index (Phi) is 4.21. The second-order valence-electron chi connectivity index (χ2n) is 4.56. The molecule has 0 aliphatic carbocycles. The molecule has 0 aromatic heterocycles. The highest BCUT2D eigenvalue weighted by atomic mass is 35.5. The minimum Gasteiger partial charge on any atom is -0.504 e. The molecule has 0 heterocycles. The second-order valence-corrected chi connectivity index (χ2v) is 5.40. The molecule has 2 aromatic rings. The van der Waals surface area contributed by atoms with Crippen LogP contribution < -0.4 is 5.32 Å². The number of carbonyl (C=O) groups excluding carboxylic acids is 1. The van der Waals surface area contributed by atoms with Crippen molar-refractivity contribution in [1.82, 2.24) is 0 Å². The van der Waals surface area contributed by atoms with Crippen LogP contribution in [0.15, 0.2) is 30.3 Å². The molecule has 0 radical (unpaired) electrons. The van der Waals surface area contributed by atoms with E-state index >= 15 is 0 Å². The standard InChI is InChI=1S/C15H13Cl2NO2/c1-8-3-4-9(2)11(5-8)15(20)18-13-7-10(16)6-12(17)14(13)19/h3-7,19H,1-2H3,(H,18,20). The molecule has 5 heteroatoms. The molecule has 2 N–H and O–H groups in total. The van der Waals surface area contributed by atoms with Crippen molar-refractivity contribution in [3.8, 4) is 5.75 Å². The van der Waals surface area contributed by atoms with Crippen LogP contribution in [0.5, 0.6) is 5.75 Å². The summed E-state index contributed by atoms with van der Waals surface area (Å²) >= 11 is 11.7. The van der Waals surface area contributed by atoms with Crippen LogP contribution in [0.1, 0.15) is 21.5 Å². The minimum atomic E-state index is -0.320. The number of nitrogens with one attached hydrogen (secondary N) is 1. The van der Waals surface area contributed by atoms with Crippen LogP contribution in [0.3, 0.4) is 0 Å². The number of hydrogen-bond donors (Lipinski definition) is 2. The van der Waals surface area contributed by atoms with Gasteiger partial charge >= 0.3 is 0 Å². The maximum atomic E-state index is 12.3. The monoisotopic (exact) mass is 309 g/mol. The van der Waals surface area contributed by atoms with Gasteiger partial charge in [0.2, 0.25) is 0 Å². The Hall–Kier alpha value is -1.71. The number of amides is 1. The summed E-state index contributed by atoms with van der Waals surface area (Å²) < 4.78 is 0. The van der Waals surface area contributed by atoms with Gasteiger partial charge in [0.15, 0.2) is 5.75 Å². The number of halogens is 2. The Morgan fingerprint density at radius 1 is 1.15 bits per heavy atom. The Labute approximate surface area is 127 Å². The lowest BCUT2D eigenvalue weighted by Crippen LogP contribution is -2.13. The maximum absolute atomic E-state index is 12.3. The van der Waals surface area contributed by atoms with Crippen LogP contribution in [-0.4, -0.2) is 11.0 Å². The normalized spacial score (nSPS) is 10.4. The highest BCUT2D eigenvalue weighted by Gasteiger charge is 2.14. The number of anilines is 1. The number of hydrogen-bond acceptors (Lipinski definition) is 2. The van der Waals surface area contributed by atoms with E-state index < -0.39 is 0 Å². The first-order chi connectivity index (χ1) is 9.38. The first-order valence-corrected chi connectivity index (χ1v) is 6.70. The maximum Gasteiger partial charge on any atom is 0.256 e. The smallest absolute Gasteiger partial charge is 0.256 e. The first kappa shape index (κ1) is 14.7. The lowest BCUT2D eigenvalue weighted by Gasteiger charge is -2.11. The Morgan fingerprint density at radius 3 is 2.55 bits per heavy atom. The van der Waals surface area contributed by atoms with Crippen LogP contribution >= 0.6 is 23.2 Å². The average Bonchev–Trinajstić information content (AvgIpc) is 2.38. The minimum absolute atomic E-state index is 0.0914. The van der Waals surface area contributed by atoms with Crippen LogP contribution in [-0.2, 0) is 0 Å². The number of benzene rings is 2. The lowest BCUT2D eigenvalue weighted by atomic mass is 10.0. The summed E-state index contributed by atoms with van der Waals surface area (Å²) in [5.74, 6) is -0.519. The number of rotatable bonds is 2. The molecule has 104 valence electrons. The molecule has 0 aliphatic heterocycles. The van der Waals surface area contributed by atoms with E-state index in [9.17, 15) is 9.90 Å². The highest BCUT2D eigenvalue weighted by molar-refractivity contribution is 6.36. The fourth-order valence-electron chi connectivity index (χ4n) is 1.83. The number of phenols is 1. The van der Waals surface area contributed by atoms with Gasteiger partial charge in [-0.15, -0.1) is 0 Å². The molecular formula is C15H13Cl2NO2. The van der Waals surface area contributed by atoms with Gasteiger partial charge in [-0.05, 0) is 37.6 Å². The van der Waals surface area contributed by atoms with Crippen molar-refractivity contribution in [3.05, 3.63) is 57.1 Å². The fourth-order valence-corrected chi connectivity index (χ4v) is 2.32. The Balaban J connectivity index is 2.35. The van der Waals surface area contributed by atoms with Gasteiger partial charge in [0.05, 0.1) is 10.7 Å². The van der Waals surface area contributed by atoms with Crippen molar-refractivity contribution < 1.29 is 9.90 Å². The summed E-state index contributed by atoms with van der Waals surface area (Å²) in [5, 5.41) is 12.9. The van der Waals surface area contributed by atoms with E-state index in [-0.39, 0.29) is 22.4 Å². The summed E-state index contributed by atoms with van der Waals surface area (Å²) in [6.07, 6.45) is 0. The molecule has 20 heavy (non-hydrogen) atoms. The Morgan fingerprint density at radius 2 is 1.85 bits per heavy atom. The molecule has 0 aliphatic rings. The quantitative estimate of drug-likeness (QED) is 0.798. The summed E-state index contributed by atoms with van der Waals surface area (Å²) in [6.45, 7) is 3.75. The zero-order chi connectivity index (χ0) is 14.9. The predicted molar refractivity (Wildman–Crippen MR) is 82.0 cm³/mol. The van der Waals surface area contributed by atoms with Crippen molar-refractivity contribution in [1.29, 1.82) is 0 Å². The van der Waals surface area contributed by atoms with Crippen molar-refractivity contribution in [2.75, 3.05) is 5.32 Å². The van der Waals surface area contributed by atoms with Crippen LogP contribution in [0, 0.1) is 13.8 Å². The van der Waals surface area contributed by atoms with Crippen molar-refractivity contribution in [2.24, 2.45) is 0 Å². The molecule has 0 fully saturated rings. The van der Waals surface area contributed by atoms with E-state index in [1.165, 1.54) is 12.1 Å². The van der Waals surface area contributed by atoms with Gasteiger partial charge < -0.3 is 10.4 Å². The number of aromatic hydroxyl groups is 1. The van der Waals surface area contributed by atoms with Crippen LogP contribution in [0.4, 0.5) is 5.69 Å². The van der Waals surface area contributed by atoms with E-state index in [1.54, 1.807) is 6.07 Å². The zero-order valence-corrected chi connectivity index (χ0v) is 12.5. The molecule has 0 spiro atoms. The third kappa shape index (κ3) is 3.06. The summed E-state index contributed by atoms with van der Waals surface area (Å²) in [4.78, 5) is 12.3. The predicted octanol–water partition coefficient (Wildman–Crippen LogP) is 4.57. The third-order valence-corrected chi connectivity index (χ3v) is 3.42. The van der Waals surface area contributed by atoms with E-state index in [0.717, 1.165) is 11.1 Å². The van der Waals surface area contributed by atoms with Crippen molar-refractivity contribution >= 4 is 34.8 Å². The van der Waals surface area contributed by atoms with Crippen LogP contribution in [0.25, 0.3) is 0 Å². The van der Waals surface area contributed by atoms with Gasteiger partial charge in [-0.3, -0.25) is 4.79 Å². The third-order valence-electron chi connectivity index (χ3n) is 2.91. The van der Waals surface area contributed by atoms with Gasteiger partial charge in [-0.25, -0.2) is 0 Å². The highest BCUT2D eigenvalue weighted by Crippen LogP contribution is 2.35. The molecule has 2 aromatic carbocycles. The lowest BCUT2D eigenvalue weighted by molar-refractivity contribution is 0.102. The topological polar surface area (TPSA) is 49.3 Å². The number of carbonyl (C=O) groups is 1. The van der Waals surface area contributed by atoms with Gasteiger partial charge in [-0.1, -0.05) is 40.9 Å². The van der Waals surface area contributed by atoms with E-state index in [2.05, 4.69) is 5.32 Å². The van der Waals surface area contributed by atoms with Gasteiger partial charge in [0, 0.05) is 10.6 Å². The van der Waals surface area contributed by atoms with Gasteiger partial charge in [0.1, 0.15) is 0 Å². The summed E-state index contributed by atoms with van der Waals surface area (Å²) in [6, 6.07) is 8.45. The van der Waals surface area contributed by atoms with Gasteiger partial charge in [0.25, 0.3) is 5.91 Å². The molecular weight excluding hydrogens is 297 g/mol. The molecule has 3 nitrogen and oxygen atoms in total. The largest absolute Gasteiger partial charge is 0.504 e. The molecule has 1 amide bonds. The first-order valence-electron chi connectivity index (χ1n) is 5.95.